The molecule has 0 aliphatic heterocycles. The number of hydrogen-bond acceptors (Lipinski definition) is 7. The van der Waals surface area contributed by atoms with Crippen molar-refractivity contribution >= 4 is 20.3 Å². The summed E-state index contributed by atoms with van der Waals surface area (Å²) in [7, 11) is 0. The first-order valence-corrected chi connectivity index (χ1v) is 7.25. The van der Waals surface area contributed by atoms with E-state index in [4.69, 9.17) is 10.6 Å². The first kappa shape index (κ1) is 16.8. The van der Waals surface area contributed by atoms with E-state index < -0.39 is 50.9 Å². The third-order valence-corrected chi connectivity index (χ3v) is 4.42. The number of azide groups is 1. The number of nitrogens with zero attached hydrogens (tertiary/aromatic N) is 3. The number of ketones is 1. The van der Waals surface area contributed by atoms with E-state index in [1.54, 1.807) is 11.0 Å². The minimum atomic E-state index is -2.95. The van der Waals surface area contributed by atoms with Gasteiger partial charge in [-0.15, -0.1) is 0 Å². The van der Waals surface area contributed by atoms with Crippen LogP contribution >= 0.6 is 0 Å². The van der Waals surface area contributed by atoms with E-state index >= 15 is 0 Å². The van der Waals surface area contributed by atoms with Crippen LogP contribution in [0.25, 0.3) is 10.4 Å². The van der Waals surface area contributed by atoms with Crippen LogP contribution in [0.1, 0.15) is 9.23 Å². The molecule has 0 aliphatic rings. The molecule has 9 nitrogen and oxygen atoms in total. The van der Waals surface area contributed by atoms with Gasteiger partial charge in [0.2, 0.25) is 0 Å². The summed E-state index contributed by atoms with van der Waals surface area (Å²) in [6.07, 6.45) is -6.16. The van der Waals surface area contributed by atoms with Crippen LogP contribution in [0.5, 0.6) is 0 Å². The van der Waals surface area contributed by atoms with Gasteiger partial charge in [-0.2, -0.15) is 0 Å². The summed E-state index contributed by atoms with van der Waals surface area (Å²) in [5, 5.41) is 50.2. The zero-order chi connectivity index (χ0) is 15.3. The van der Waals surface area contributed by atoms with Gasteiger partial charge in [-0.3, -0.25) is 0 Å². The average Bonchev–Trinajstić information content (AvgIpc) is 2.98. The minimum absolute atomic E-state index is 0.136. The van der Waals surface area contributed by atoms with Crippen LogP contribution < -0.4 is 0 Å². The van der Waals surface area contributed by atoms with Gasteiger partial charge in [-0.25, -0.2) is 0 Å². The monoisotopic (exact) mass is 351 g/mol. The molecule has 0 saturated carbocycles. The Hall–Kier alpha value is -1.22. The molecule has 0 aromatic carbocycles. The summed E-state index contributed by atoms with van der Waals surface area (Å²) >= 11 is -0.393. The fraction of sp³-hybridized carbons (Fsp3) is 0.500. The van der Waals surface area contributed by atoms with E-state index in [9.17, 15) is 25.2 Å². The van der Waals surface area contributed by atoms with Crippen molar-refractivity contribution < 1.29 is 30.3 Å². The molecule has 1 rings (SSSR count). The van der Waals surface area contributed by atoms with Crippen molar-refractivity contribution in [2.45, 2.75) is 24.0 Å². The van der Waals surface area contributed by atoms with Crippen LogP contribution in [0.15, 0.2) is 22.2 Å². The van der Waals surface area contributed by atoms with E-state index in [-0.39, 0.29) is 4.44 Å². The molecule has 1 aromatic heterocycles. The fourth-order valence-electron chi connectivity index (χ4n) is 1.45. The van der Waals surface area contributed by atoms with Gasteiger partial charge in [0.05, 0.1) is 0 Å². The van der Waals surface area contributed by atoms with Crippen molar-refractivity contribution in [1.29, 1.82) is 0 Å². The zero-order valence-corrected chi connectivity index (χ0v) is 11.8. The Kier molecular flexibility index (Phi) is 5.87. The molecule has 0 unspecified atom stereocenters. The standard InChI is InChI=1S/C10H13N3O6Se/c11-13-12-10(19,8(17)6-2-1-3-20-6)9(18)7(16)5(15)4-14/h1-3,5,7,9,14-16,18-19H,4H2/t5-,7-,9+,10+/m1/s1. The zero-order valence-electron chi connectivity index (χ0n) is 10.1. The van der Waals surface area contributed by atoms with Crippen molar-refractivity contribution in [2.75, 3.05) is 6.61 Å². The molecular weight excluding hydrogens is 337 g/mol. The van der Waals surface area contributed by atoms with Gasteiger partial charge in [0.1, 0.15) is 0 Å². The summed E-state index contributed by atoms with van der Waals surface area (Å²) in [6.45, 7) is -0.910. The number of hydrogen-bond donors (Lipinski definition) is 5. The third-order valence-electron chi connectivity index (χ3n) is 2.59. The van der Waals surface area contributed by atoms with Gasteiger partial charge in [0.25, 0.3) is 0 Å². The molecule has 0 amide bonds. The molecule has 0 spiro atoms. The molecule has 0 fully saturated rings. The van der Waals surface area contributed by atoms with Crippen LogP contribution in [-0.2, 0) is 0 Å². The van der Waals surface area contributed by atoms with Gasteiger partial charge >= 0.3 is 118 Å². The summed E-state index contributed by atoms with van der Waals surface area (Å²) < 4.78 is 0.136. The van der Waals surface area contributed by atoms with Gasteiger partial charge in [0.15, 0.2) is 0 Å². The molecule has 0 saturated heterocycles. The first-order valence-electron chi connectivity index (χ1n) is 5.40. The average molecular weight is 350 g/mol. The van der Waals surface area contributed by atoms with E-state index in [2.05, 4.69) is 10.0 Å². The normalized spacial score (nSPS) is 18.4. The SMILES string of the molecule is [N-]=[N+]=N[C@](O)(C(=O)c1ccc[se]1)[C@@H](O)[C@H](O)[C@H](O)CO. The van der Waals surface area contributed by atoms with E-state index in [0.717, 1.165) is 0 Å². The maximum atomic E-state index is 12.1. The van der Waals surface area contributed by atoms with Crippen molar-refractivity contribution in [2.24, 2.45) is 5.11 Å². The molecular formula is C10H13N3O6Se. The van der Waals surface area contributed by atoms with E-state index in [1.165, 1.54) is 6.07 Å². The van der Waals surface area contributed by atoms with Gasteiger partial charge in [-0.05, 0) is 0 Å². The van der Waals surface area contributed by atoms with Crippen molar-refractivity contribution in [3.8, 4) is 0 Å². The van der Waals surface area contributed by atoms with Crippen molar-refractivity contribution in [1.82, 2.24) is 0 Å². The van der Waals surface area contributed by atoms with Crippen LogP contribution in [0.4, 0.5) is 0 Å². The molecule has 20 heavy (non-hydrogen) atoms. The Balaban J connectivity index is 3.14. The van der Waals surface area contributed by atoms with Crippen LogP contribution in [-0.4, -0.2) is 76.5 Å². The number of rotatable bonds is 7. The van der Waals surface area contributed by atoms with Crippen LogP contribution in [0.3, 0.4) is 0 Å². The molecule has 0 bridgehead atoms. The summed E-state index contributed by atoms with van der Waals surface area (Å²) in [6, 6.07) is 2.96. The third kappa shape index (κ3) is 3.26. The predicted octanol–water partition coefficient (Wildman–Crippen LogP) is -2.00. The Morgan fingerprint density at radius 3 is 2.60 bits per heavy atom. The Morgan fingerprint density at radius 1 is 1.50 bits per heavy atom. The van der Waals surface area contributed by atoms with Crippen LogP contribution in [0.2, 0.25) is 0 Å². The molecule has 0 radical (unpaired) electrons. The molecule has 0 aliphatic carbocycles. The fourth-order valence-corrected chi connectivity index (χ4v) is 2.96. The maximum absolute atomic E-state index is 12.1. The van der Waals surface area contributed by atoms with Gasteiger partial charge in [0, 0.05) is 0 Å². The van der Waals surface area contributed by atoms with Crippen molar-refractivity contribution in [3.63, 3.8) is 0 Å². The predicted molar refractivity (Wildman–Crippen MR) is 66.9 cm³/mol. The van der Waals surface area contributed by atoms with E-state index in [0.29, 0.717) is 0 Å². The molecule has 1 aromatic rings. The quantitative estimate of drug-likeness (QED) is 0.125. The first-order chi connectivity index (χ1) is 9.38. The second kappa shape index (κ2) is 6.98. The number of aliphatic hydroxyl groups excluding tert-OH is 4. The van der Waals surface area contributed by atoms with E-state index in [1.807, 2.05) is 0 Å². The summed E-state index contributed by atoms with van der Waals surface area (Å²) in [4.78, 5) is 16.0. The molecule has 4 atom stereocenters. The molecule has 5 N–H and O–H groups in total. The Labute approximate surface area is 119 Å². The second-order valence-corrected chi connectivity index (χ2v) is 5.90. The molecule has 110 valence electrons. The number of Topliss-reactive ketones (excluding diaryl/α,β-unsaturated/α-hetero) is 1. The van der Waals surface area contributed by atoms with Gasteiger partial charge in [-0.1, -0.05) is 0 Å². The number of carbonyl (C=O) groups is 1. The number of carbonyl (C=O) groups excluding carboxylic acids is 1. The Morgan fingerprint density at radius 2 is 2.15 bits per heavy atom. The summed E-state index contributed by atoms with van der Waals surface area (Å²) in [5.74, 6) is -1.06. The number of aliphatic hydroxyl groups is 5. The molecule has 10 heteroatoms. The summed E-state index contributed by atoms with van der Waals surface area (Å²) in [5.41, 5.74) is 5.48. The van der Waals surface area contributed by atoms with Crippen LogP contribution in [0, 0.1) is 0 Å². The van der Waals surface area contributed by atoms with Gasteiger partial charge < -0.3 is 0 Å². The van der Waals surface area contributed by atoms with Crippen molar-refractivity contribution in [3.05, 3.63) is 32.0 Å². The topological polar surface area (TPSA) is 167 Å². The Bertz CT molecular complexity index is 503. The molecule has 1 heterocycles. The second-order valence-electron chi connectivity index (χ2n) is 3.91.